The van der Waals surface area contributed by atoms with Crippen LogP contribution in [-0.2, 0) is 9.59 Å². The van der Waals surface area contributed by atoms with Crippen molar-refractivity contribution in [2.45, 2.75) is 77.8 Å². The lowest BCUT2D eigenvalue weighted by Gasteiger charge is -2.36. The molecule has 0 bridgehead atoms. The van der Waals surface area contributed by atoms with Crippen LogP contribution in [0.4, 0.5) is 8.78 Å². The van der Waals surface area contributed by atoms with Crippen molar-refractivity contribution in [3.05, 3.63) is 70.3 Å². The fraction of sp³-hybridized carbons (Fsp3) is 0.548. The fourth-order valence-electron chi connectivity index (χ4n) is 6.19. The van der Waals surface area contributed by atoms with Gasteiger partial charge in [-0.1, -0.05) is 29.8 Å². The Kier molecular flexibility index (Phi) is 8.26. The summed E-state index contributed by atoms with van der Waals surface area (Å²) in [5.41, 5.74) is 3.77. The second-order valence-electron chi connectivity index (χ2n) is 12.1. The Bertz CT molecular complexity index is 1180. The number of benzene rings is 2. The Morgan fingerprint density at radius 2 is 1.66 bits per heavy atom. The van der Waals surface area contributed by atoms with Gasteiger partial charge in [0, 0.05) is 50.6 Å². The van der Waals surface area contributed by atoms with Gasteiger partial charge in [0.15, 0.2) is 0 Å². The van der Waals surface area contributed by atoms with Gasteiger partial charge in [0.1, 0.15) is 11.6 Å². The molecule has 3 atom stereocenters. The van der Waals surface area contributed by atoms with Crippen molar-refractivity contribution in [3.8, 4) is 0 Å². The van der Waals surface area contributed by atoms with Crippen LogP contribution in [0.1, 0.15) is 87.6 Å². The lowest BCUT2D eigenvalue weighted by molar-refractivity contribution is -0.136. The Labute approximate surface area is 225 Å². The Balaban J connectivity index is 1.51. The largest absolute Gasteiger partial charge is 0.350 e. The van der Waals surface area contributed by atoms with Gasteiger partial charge in [-0.2, -0.15) is 0 Å². The molecule has 2 aromatic rings. The number of nitrogens with zero attached hydrogens (tertiary/aromatic N) is 2. The minimum atomic E-state index is -0.606. The van der Waals surface area contributed by atoms with Crippen molar-refractivity contribution in [2.24, 2.45) is 5.92 Å². The molecule has 38 heavy (non-hydrogen) atoms. The first kappa shape index (κ1) is 28.2. The molecule has 0 saturated carbocycles. The molecule has 2 heterocycles. The van der Waals surface area contributed by atoms with Crippen LogP contribution < -0.4 is 5.32 Å². The van der Waals surface area contributed by atoms with E-state index >= 15 is 0 Å². The van der Waals surface area contributed by atoms with Gasteiger partial charge in [-0.05, 0) is 76.1 Å². The third kappa shape index (κ3) is 6.09. The van der Waals surface area contributed by atoms with E-state index in [1.165, 1.54) is 24.6 Å². The van der Waals surface area contributed by atoms with E-state index in [4.69, 9.17) is 0 Å². The number of likely N-dealkylation sites (tertiary alicyclic amines) is 2. The van der Waals surface area contributed by atoms with Gasteiger partial charge in [-0.3, -0.25) is 14.5 Å². The van der Waals surface area contributed by atoms with Crippen LogP contribution in [0.2, 0.25) is 0 Å². The molecule has 5 nitrogen and oxygen atoms in total. The molecular weight excluding hydrogens is 484 g/mol. The van der Waals surface area contributed by atoms with Crippen molar-refractivity contribution >= 4 is 11.8 Å². The minimum absolute atomic E-state index is 0.0552. The van der Waals surface area contributed by atoms with Crippen LogP contribution in [0.25, 0.3) is 0 Å². The summed E-state index contributed by atoms with van der Waals surface area (Å²) in [6.45, 7) is 14.3. The van der Waals surface area contributed by atoms with Gasteiger partial charge in [0.25, 0.3) is 0 Å². The molecule has 2 aliphatic rings. The second kappa shape index (κ2) is 11.1. The molecule has 206 valence electrons. The monoisotopic (exact) mass is 525 g/mol. The van der Waals surface area contributed by atoms with Gasteiger partial charge in [0.2, 0.25) is 11.8 Å². The van der Waals surface area contributed by atoms with E-state index in [0.29, 0.717) is 37.7 Å². The summed E-state index contributed by atoms with van der Waals surface area (Å²) in [4.78, 5) is 29.7. The smallest absolute Gasteiger partial charge is 0.227 e. The van der Waals surface area contributed by atoms with Gasteiger partial charge in [-0.15, -0.1) is 0 Å². The van der Waals surface area contributed by atoms with E-state index in [2.05, 4.69) is 56.1 Å². The number of carbonyl (C=O) groups excluding carboxylic acids is 2. The van der Waals surface area contributed by atoms with E-state index in [1.54, 1.807) is 0 Å². The van der Waals surface area contributed by atoms with Gasteiger partial charge in [0.05, 0.1) is 12.0 Å². The number of carbonyl (C=O) groups is 2. The minimum Gasteiger partial charge on any atom is -0.350 e. The molecule has 1 unspecified atom stereocenters. The van der Waals surface area contributed by atoms with Crippen LogP contribution in [-0.4, -0.2) is 53.3 Å². The standard InChI is InChI=1S/C31H41F2N3O2/c1-19-7-9-24(26(15-19)20(2)34-21(3)37)22-11-13-35(14-12-22)30(38)28-18-36(31(4,5)6)17-27(28)25-10-8-23(32)16-29(25)33/h7-10,15-16,20,22,27-28H,11-14,17-18H2,1-6H3,(H,34,37)/t20-,27-,28?/m0/s1. The number of halogens is 2. The number of piperidine rings is 1. The molecule has 2 fully saturated rings. The summed E-state index contributed by atoms with van der Waals surface area (Å²) < 4.78 is 28.5. The van der Waals surface area contributed by atoms with E-state index in [0.717, 1.165) is 30.0 Å². The van der Waals surface area contributed by atoms with Crippen LogP contribution in [0.3, 0.4) is 0 Å². The molecule has 4 rings (SSSR count). The Morgan fingerprint density at radius 1 is 1.00 bits per heavy atom. The maximum Gasteiger partial charge on any atom is 0.227 e. The van der Waals surface area contributed by atoms with Crippen LogP contribution in [0.15, 0.2) is 36.4 Å². The highest BCUT2D eigenvalue weighted by atomic mass is 19.1. The summed E-state index contributed by atoms with van der Waals surface area (Å²) >= 11 is 0. The van der Waals surface area contributed by atoms with Gasteiger partial charge >= 0.3 is 0 Å². The number of nitrogens with one attached hydrogen (secondary N) is 1. The topological polar surface area (TPSA) is 52.7 Å². The average Bonchev–Trinajstić information content (AvgIpc) is 3.29. The molecule has 0 aliphatic carbocycles. The third-order valence-corrected chi connectivity index (χ3v) is 8.32. The third-order valence-electron chi connectivity index (χ3n) is 8.32. The first-order valence-corrected chi connectivity index (χ1v) is 13.7. The predicted octanol–water partition coefficient (Wildman–Crippen LogP) is 5.69. The summed E-state index contributed by atoms with van der Waals surface area (Å²) in [5.74, 6) is -1.58. The van der Waals surface area contributed by atoms with Crippen molar-refractivity contribution < 1.29 is 18.4 Å². The normalized spacial score (nSPS) is 21.9. The zero-order valence-electron chi connectivity index (χ0n) is 23.5. The summed E-state index contributed by atoms with van der Waals surface area (Å²) in [6.07, 6.45) is 1.67. The maximum absolute atomic E-state index is 14.8. The number of aryl methyl sites for hydroxylation is 1. The zero-order chi connectivity index (χ0) is 27.8. The summed E-state index contributed by atoms with van der Waals surface area (Å²) in [7, 11) is 0. The highest BCUT2D eigenvalue weighted by Gasteiger charge is 2.44. The van der Waals surface area contributed by atoms with E-state index in [1.807, 2.05) is 11.8 Å². The van der Waals surface area contributed by atoms with E-state index < -0.39 is 11.6 Å². The molecule has 2 aliphatic heterocycles. The Morgan fingerprint density at radius 3 is 2.26 bits per heavy atom. The lowest BCUT2D eigenvalue weighted by Crippen LogP contribution is -2.44. The summed E-state index contributed by atoms with van der Waals surface area (Å²) in [5, 5.41) is 3.01. The lowest BCUT2D eigenvalue weighted by atomic mass is 9.83. The SMILES string of the molecule is CC(=O)N[C@@H](C)c1cc(C)ccc1C1CCN(C(=O)C2CN(C(C)(C)C)C[C@H]2c2ccc(F)cc2F)CC1. The van der Waals surface area contributed by atoms with Gasteiger partial charge in [-0.25, -0.2) is 8.78 Å². The second-order valence-corrected chi connectivity index (χ2v) is 12.1. The van der Waals surface area contributed by atoms with Crippen LogP contribution in [0.5, 0.6) is 0 Å². The molecule has 0 aromatic heterocycles. The zero-order valence-corrected chi connectivity index (χ0v) is 23.5. The van der Waals surface area contributed by atoms with Crippen LogP contribution in [0, 0.1) is 24.5 Å². The number of hydrogen-bond acceptors (Lipinski definition) is 3. The molecule has 7 heteroatoms. The van der Waals surface area contributed by atoms with Crippen LogP contribution >= 0.6 is 0 Å². The quantitative estimate of drug-likeness (QED) is 0.546. The van der Waals surface area contributed by atoms with Gasteiger partial charge < -0.3 is 10.2 Å². The predicted molar refractivity (Wildman–Crippen MR) is 146 cm³/mol. The molecule has 2 aromatic carbocycles. The first-order chi connectivity index (χ1) is 17.8. The van der Waals surface area contributed by atoms with Crippen molar-refractivity contribution in [3.63, 3.8) is 0 Å². The molecule has 0 radical (unpaired) electrons. The Hall–Kier alpha value is -2.80. The highest BCUT2D eigenvalue weighted by Crippen LogP contribution is 2.40. The van der Waals surface area contributed by atoms with Crippen molar-refractivity contribution in [1.29, 1.82) is 0 Å². The molecule has 2 saturated heterocycles. The van der Waals surface area contributed by atoms with Crippen molar-refractivity contribution in [2.75, 3.05) is 26.2 Å². The fourth-order valence-corrected chi connectivity index (χ4v) is 6.19. The number of hydrogen-bond donors (Lipinski definition) is 1. The van der Waals surface area contributed by atoms with E-state index in [-0.39, 0.29) is 35.2 Å². The highest BCUT2D eigenvalue weighted by molar-refractivity contribution is 5.81. The summed E-state index contributed by atoms with van der Waals surface area (Å²) in [6, 6.07) is 10.0. The number of amides is 2. The molecule has 2 amide bonds. The van der Waals surface area contributed by atoms with Crippen molar-refractivity contribution in [1.82, 2.24) is 15.1 Å². The average molecular weight is 526 g/mol. The first-order valence-electron chi connectivity index (χ1n) is 13.7. The molecule has 0 spiro atoms. The molecule has 1 N–H and O–H groups in total. The maximum atomic E-state index is 14.8. The number of rotatable bonds is 5. The van der Waals surface area contributed by atoms with E-state index in [9.17, 15) is 18.4 Å². The molecular formula is C31H41F2N3O2.